The summed E-state index contributed by atoms with van der Waals surface area (Å²) in [5, 5.41) is 12.1. The van der Waals surface area contributed by atoms with Gasteiger partial charge in [-0.3, -0.25) is 0 Å². The van der Waals surface area contributed by atoms with E-state index in [1.54, 1.807) is 12.1 Å². The van der Waals surface area contributed by atoms with E-state index in [9.17, 15) is 4.39 Å². The molecule has 0 bridgehead atoms. The lowest BCUT2D eigenvalue weighted by atomic mass is 10.1. The molecule has 0 unspecified atom stereocenters. The lowest BCUT2D eigenvalue weighted by molar-refractivity contribution is 0.237. The van der Waals surface area contributed by atoms with E-state index in [4.69, 9.17) is 5.26 Å². The molecule has 1 aliphatic heterocycles. The smallest absolute Gasteiger partial charge is 0.143 e. The van der Waals surface area contributed by atoms with Crippen molar-refractivity contribution in [1.29, 1.82) is 5.26 Å². The SMILES string of the molecule is N#Cc1c(F)cccc1NCCN1CCCCC1. The molecule has 1 N–H and O–H groups in total. The Morgan fingerprint density at radius 3 is 2.78 bits per heavy atom. The van der Waals surface area contributed by atoms with Gasteiger partial charge in [0.05, 0.1) is 5.69 Å². The van der Waals surface area contributed by atoms with Crippen LogP contribution in [0.2, 0.25) is 0 Å². The van der Waals surface area contributed by atoms with Crippen LogP contribution in [0.3, 0.4) is 0 Å². The number of hydrogen-bond donors (Lipinski definition) is 1. The summed E-state index contributed by atoms with van der Waals surface area (Å²) in [6.45, 7) is 3.99. The summed E-state index contributed by atoms with van der Waals surface area (Å²) in [6.07, 6.45) is 3.86. The van der Waals surface area contributed by atoms with E-state index in [1.165, 1.54) is 25.3 Å². The average molecular weight is 247 g/mol. The number of nitrogens with zero attached hydrogens (tertiary/aromatic N) is 2. The van der Waals surface area contributed by atoms with Gasteiger partial charge in [-0.05, 0) is 38.1 Å². The monoisotopic (exact) mass is 247 g/mol. The normalized spacial score (nSPS) is 16.2. The zero-order valence-corrected chi connectivity index (χ0v) is 10.5. The summed E-state index contributed by atoms with van der Waals surface area (Å²) in [5.74, 6) is -0.458. The van der Waals surface area contributed by atoms with Gasteiger partial charge < -0.3 is 10.2 Å². The minimum Gasteiger partial charge on any atom is -0.383 e. The molecule has 0 aromatic heterocycles. The Morgan fingerprint density at radius 1 is 1.28 bits per heavy atom. The molecule has 0 saturated carbocycles. The molecule has 96 valence electrons. The zero-order chi connectivity index (χ0) is 12.8. The Kier molecular flexibility index (Phi) is 4.54. The number of rotatable bonds is 4. The minimum absolute atomic E-state index is 0.108. The summed E-state index contributed by atoms with van der Waals surface area (Å²) >= 11 is 0. The molecule has 0 atom stereocenters. The third-order valence-electron chi connectivity index (χ3n) is 3.32. The molecule has 1 fully saturated rings. The molecule has 0 radical (unpaired) electrons. The van der Waals surface area contributed by atoms with Crippen molar-refractivity contribution in [3.05, 3.63) is 29.6 Å². The van der Waals surface area contributed by atoms with E-state index in [2.05, 4.69) is 10.2 Å². The zero-order valence-electron chi connectivity index (χ0n) is 10.5. The first kappa shape index (κ1) is 12.8. The van der Waals surface area contributed by atoms with Crippen LogP contribution in [0.15, 0.2) is 18.2 Å². The Labute approximate surface area is 107 Å². The van der Waals surface area contributed by atoms with Crippen LogP contribution in [0, 0.1) is 17.1 Å². The standard InChI is InChI=1S/C14H18FN3/c15-13-5-4-6-14(12(13)11-16)17-7-10-18-8-2-1-3-9-18/h4-6,17H,1-3,7-10H2. The molecule has 2 rings (SSSR count). The van der Waals surface area contributed by atoms with E-state index in [0.717, 1.165) is 26.2 Å². The molecule has 0 aliphatic carbocycles. The molecule has 1 aromatic rings. The maximum atomic E-state index is 13.4. The van der Waals surface area contributed by atoms with Crippen LogP contribution >= 0.6 is 0 Å². The number of nitrogens with one attached hydrogen (secondary N) is 1. The summed E-state index contributed by atoms with van der Waals surface area (Å²) in [4.78, 5) is 2.40. The molecule has 0 spiro atoms. The van der Waals surface area contributed by atoms with E-state index < -0.39 is 5.82 Å². The molecule has 1 aromatic carbocycles. The minimum atomic E-state index is -0.458. The molecule has 1 aliphatic rings. The highest BCUT2D eigenvalue weighted by molar-refractivity contribution is 5.57. The fourth-order valence-corrected chi connectivity index (χ4v) is 2.32. The quantitative estimate of drug-likeness (QED) is 0.889. The summed E-state index contributed by atoms with van der Waals surface area (Å²) in [6, 6.07) is 6.59. The summed E-state index contributed by atoms with van der Waals surface area (Å²) < 4.78 is 13.4. The van der Waals surface area contributed by atoms with E-state index in [1.807, 2.05) is 6.07 Å². The first-order valence-corrected chi connectivity index (χ1v) is 6.46. The van der Waals surface area contributed by atoms with Gasteiger partial charge in [-0.15, -0.1) is 0 Å². The van der Waals surface area contributed by atoms with Crippen LogP contribution in [0.25, 0.3) is 0 Å². The fraction of sp³-hybridized carbons (Fsp3) is 0.500. The van der Waals surface area contributed by atoms with Crippen molar-refractivity contribution in [3.63, 3.8) is 0 Å². The maximum Gasteiger partial charge on any atom is 0.143 e. The van der Waals surface area contributed by atoms with Gasteiger partial charge in [-0.25, -0.2) is 4.39 Å². The van der Waals surface area contributed by atoms with Gasteiger partial charge >= 0.3 is 0 Å². The van der Waals surface area contributed by atoms with Crippen molar-refractivity contribution in [2.24, 2.45) is 0 Å². The molecular weight excluding hydrogens is 229 g/mol. The first-order valence-electron chi connectivity index (χ1n) is 6.46. The van der Waals surface area contributed by atoms with E-state index in [0.29, 0.717) is 5.69 Å². The Bertz CT molecular complexity index is 433. The number of hydrogen-bond acceptors (Lipinski definition) is 3. The molecule has 3 nitrogen and oxygen atoms in total. The number of benzene rings is 1. The third kappa shape index (κ3) is 3.21. The molecular formula is C14H18FN3. The van der Waals surface area contributed by atoms with E-state index in [-0.39, 0.29) is 5.56 Å². The van der Waals surface area contributed by atoms with Gasteiger partial charge in [0.25, 0.3) is 0 Å². The molecule has 4 heteroatoms. The lowest BCUT2D eigenvalue weighted by Crippen LogP contribution is -2.33. The van der Waals surface area contributed by atoms with Crippen LogP contribution in [-0.4, -0.2) is 31.1 Å². The molecule has 1 saturated heterocycles. The largest absolute Gasteiger partial charge is 0.383 e. The van der Waals surface area contributed by atoms with Gasteiger partial charge in [-0.1, -0.05) is 12.5 Å². The van der Waals surface area contributed by atoms with Crippen molar-refractivity contribution in [2.75, 3.05) is 31.5 Å². The second-order valence-corrected chi connectivity index (χ2v) is 4.60. The highest BCUT2D eigenvalue weighted by Crippen LogP contribution is 2.17. The number of anilines is 1. The van der Waals surface area contributed by atoms with Crippen molar-refractivity contribution < 1.29 is 4.39 Å². The van der Waals surface area contributed by atoms with Gasteiger partial charge in [-0.2, -0.15) is 5.26 Å². The van der Waals surface area contributed by atoms with Crippen molar-refractivity contribution in [1.82, 2.24) is 4.90 Å². The molecule has 18 heavy (non-hydrogen) atoms. The molecule has 0 amide bonds. The second kappa shape index (κ2) is 6.36. The van der Waals surface area contributed by atoms with Crippen LogP contribution in [0.4, 0.5) is 10.1 Å². The number of halogens is 1. The van der Waals surface area contributed by atoms with Crippen LogP contribution in [0.5, 0.6) is 0 Å². The predicted molar refractivity (Wildman–Crippen MR) is 69.9 cm³/mol. The van der Waals surface area contributed by atoms with Crippen LogP contribution in [-0.2, 0) is 0 Å². The van der Waals surface area contributed by atoms with Crippen molar-refractivity contribution in [3.8, 4) is 6.07 Å². The van der Waals surface area contributed by atoms with Crippen LogP contribution in [0.1, 0.15) is 24.8 Å². The Morgan fingerprint density at radius 2 is 2.06 bits per heavy atom. The third-order valence-corrected chi connectivity index (χ3v) is 3.32. The number of likely N-dealkylation sites (tertiary alicyclic amines) is 1. The van der Waals surface area contributed by atoms with Gasteiger partial charge in [0, 0.05) is 13.1 Å². The number of piperidine rings is 1. The highest BCUT2D eigenvalue weighted by Gasteiger charge is 2.10. The number of nitriles is 1. The average Bonchev–Trinajstić information content (AvgIpc) is 2.40. The Balaban J connectivity index is 1.86. The van der Waals surface area contributed by atoms with Crippen molar-refractivity contribution >= 4 is 5.69 Å². The highest BCUT2D eigenvalue weighted by atomic mass is 19.1. The topological polar surface area (TPSA) is 39.1 Å². The summed E-state index contributed by atoms with van der Waals surface area (Å²) in [5.41, 5.74) is 0.700. The predicted octanol–water partition coefficient (Wildman–Crippen LogP) is 2.60. The second-order valence-electron chi connectivity index (χ2n) is 4.60. The summed E-state index contributed by atoms with van der Waals surface area (Å²) in [7, 11) is 0. The first-order chi connectivity index (χ1) is 8.81. The van der Waals surface area contributed by atoms with Crippen molar-refractivity contribution in [2.45, 2.75) is 19.3 Å². The molecule has 1 heterocycles. The Hall–Kier alpha value is -1.60. The van der Waals surface area contributed by atoms with Crippen LogP contribution < -0.4 is 5.32 Å². The van der Waals surface area contributed by atoms with Gasteiger partial charge in [0.2, 0.25) is 0 Å². The van der Waals surface area contributed by atoms with Gasteiger partial charge in [0.1, 0.15) is 17.4 Å². The maximum absolute atomic E-state index is 13.4. The fourth-order valence-electron chi connectivity index (χ4n) is 2.32. The van der Waals surface area contributed by atoms with E-state index >= 15 is 0 Å². The lowest BCUT2D eigenvalue weighted by Gasteiger charge is -2.26. The van der Waals surface area contributed by atoms with Gasteiger partial charge in [0.15, 0.2) is 0 Å².